The Morgan fingerprint density at radius 1 is 0.952 bits per heavy atom. The van der Waals surface area contributed by atoms with Crippen LogP contribution in [0.4, 0.5) is 0 Å². The number of hydrogen-bond acceptors (Lipinski definition) is 3. The van der Waals surface area contributed by atoms with Crippen molar-refractivity contribution in [3.05, 3.63) is 11.1 Å². The lowest BCUT2D eigenvalue weighted by Crippen LogP contribution is -2.59. The van der Waals surface area contributed by atoms with E-state index in [9.17, 15) is 15.0 Å². The Hall–Kier alpha value is -0.670. The smallest absolute Gasteiger partial charge is 0.162 e. The van der Waals surface area contributed by atoms with Crippen molar-refractivity contribution >= 4 is 5.78 Å². The van der Waals surface area contributed by atoms with E-state index in [1.54, 1.807) is 0 Å². The second-order valence-electron chi connectivity index (χ2n) is 9.62. The first-order chi connectivity index (χ1) is 9.38. The predicted molar refractivity (Wildman–Crippen MR) is 81.7 cm³/mol. The summed E-state index contributed by atoms with van der Waals surface area (Å²) in [5.41, 5.74) is -0.0834. The maximum atomic E-state index is 12.6. The lowest BCUT2D eigenvalue weighted by Gasteiger charge is -2.59. The van der Waals surface area contributed by atoms with Crippen molar-refractivity contribution in [3.63, 3.8) is 0 Å². The molecule has 3 unspecified atom stereocenters. The highest BCUT2D eigenvalue weighted by molar-refractivity contribution is 5.99. The fourth-order valence-electron chi connectivity index (χ4n) is 5.56. The summed E-state index contributed by atoms with van der Waals surface area (Å²) >= 11 is 0. The average Bonchev–Trinajstić information content (AvgIpc) is 2.21. The van der Waals surface area contributed by atoms with Gasteiger partial charge in [-0.05, 0) is 42.1 Å². The third-order valence-electron chi connectivity index (χ3n) is 5.76. The van der Waals surface area contributed by atoms with E-state index in [2.05, 4.69) is 27.7 Å². The van der Waals surface area contributed by atoms with Crippen molar-refractivity contribution in [1.82, 2.24) is 0 Å². The van der Waals surface area contributed by atoms with Crippen molar-refractivity contribution in [2.24, 2.45) is 16.2 Å². The van der Waals surface area contributed by atoms with Crippen LogP contribution < -0.4 is 0 Å². The molecule has 3 aliphatic carbocycles. The third kappa shape index (κ3) is 2.20. The van der Waals surface area contributed by atoms with Gasteiger partial charge in [-0.15, -0.1) is 0 Å². The number of ketones is 1. The fraction of sp³-hybridized carbons (Fsp3) is 0.833. The minimum Gasteiger partial charge on any atom is -0.388 e. The molecule has 3 aliphatic rings. The van der Waals surface area contributed by atoms with Crippen LogP contribution in [0.3, 0.4) is 0 Å². The summed E-state index contributed by atoms with van der Waals surface area (Å²) in [6, 6.07) is 0. The quantitative estimate of drug-likeness (QED) is 0.721. The van der Waals surface area contributed by atoms with E-state index < -0.39 is 17.1 Å². The van der Waals surface area contributed by atoms with Crippen LogP contribution >= 0.6 is 0 Å². The summed E-state index contributed by atoms with van der Waals surface area (Å²) in [5.74, 6) is 0.0396. The first-order valence-electron chi connectivity index (χ1n) is 8.05. The van der Waals surface area contributed by atoms with Crippen molar-refractivity contribution in [3.8, 4) is 0 Å². The SMILES string of the molecule is CC1(C)CC(=O)C2=C(C1)C1(O)CC(C)(C)CC(C)(C1)C2O. The molecule has 0 aromatic carbocycles. The number of rotatable bonds is 0. The molecule has 118 valence electrons. The normalized spacial score (nSPS) is 44.5. The van der Waals surface area contributed by atoms with E-state index in [1.807, 2.05) is 6.92 Å². The highest BCUT2D eigenvalue weighted by atomic mass is 16.3. The summed E-state index contributed by atoms with van der Waals surface area (Å²) in [4.78, 5) is 12.6. The molecule has 0 radical (unpaired) electrons. The standard InChI is InChI=1S/C18H28O3/c1-15(2)6-11-13(12(19)7-15)14(20)17(5)8-16(3,4)9-18(11,21)10-17/h14,20-21H,6-10H2,1-5H3. The van der Waals surface area contributed by atoms with Gasteiger partial charge in [0.2, 0.25) is 0 Å². The molecule has 0 aromatic heterocycles. The first-order valence-corrected chi connectivity index (χ1v) is 8.05. The van der Waals surface area contributed by atoms with Gasteiger partial charge in [-0.25, -0.2) is 0 Å². The molecule has 0 amide bonds. The van der Waals surface area contributed by atoms with Gasteiger partial charge in [0.1, 0.15) is 0 Å². The largest absolute Gasteiger partial charge is 0.388 e. The van der Waals surface area contributed by atoms with Crippen LogP contribution in [0, 0.1) is 16.2 Å². The van der Waals surface area contributed by atoms with Gasteiger partial charge in [0.25, 0.3) is 0 Å². The van der Waals surface area contributed by atoms with Gasteiger partial charge >= 0.3 is 0 Å². The second-order valence-corrected chi connectivity index (χ2v) is 9.62. The molecule has 3 heteroatoms. The van der Waals surface area contributed by atoms with Crippen LogP contribution in [0.1, 0.15) is 66.7 Å². The number of carbonyl (C=O) groups excluding carboxylic acids is 1. The maximum Gasteiger partial charge on any atom is 0.162 e. The van der Waals surface area contributed by atoms with E-state index >= 15 is 0 Å². The Morgan fingerprint density at radius 2 is 1.57 bits per heavy atom. The molecule has 0 heterocycles. The van der Waals surface area contributed by atoms with E-state index in [0.29, 0.717) is 31.3 Å². The molecule has 0 aromatic rings. The molecule has 0 saturated heterocycles. The second kappa shape index (κ2) is 3.99. The number of aliphatic hydroxyl groups excluding tert-OH is 1. The molecule has 3 atom stereocenters. The predicted octanol–water partition coefficient (Wildman–Crippen LogP) is 2.99. The van der Waals surface area contributed by atoms with Crippen LogP contribution in [0.2, 0.25) is 0 Å². The zero-order valence-electron chi connectivity index (χ0n) is 13.9. The molecular formula is C18H28O3. The molecule has 1 fully saturated rings. The monoisotopic (exact) mass is 292 g/mol. The van der Waals surface area contributed by atoms with E-state index in [-0.39, 0.29) is 16.6 Å². The molecule has 2 N–H and O–H groups in total. The Morgan fingerprint density at radius 3 is 2.19 bits per heavy atom. The lowest BCUT2D eigenvalue weighted by atomic mass is 9.48. The third-order valence-corrected chi connectivity index (χ3v) is 5.76. The van der Waals surface area contributed by atoms with Crippen LogP contribution in [0.5, 0.6) is 0 Å². The molecule has 0 aliphatic heterocycles. The highest BCUT2D eigenvalue weighted by Crippen LogP contribution is 2.61. The topological polar surface area (TPSA) is 57.5 Å². The van der Waals surface area contributed by atoms with Crippen molar-refractivity contribution < 1.29 is 15.0 Å². The van der Waals surface area contributed by atoms with Gasteiger partial charge in [-0.2, -0.15) is 0 Å². The van der Waals surface area contributed by atoms with E-state index in [0.717, 1.165) is 12.0 Å². The Labute approximate surface area is 127 Å². The minimum absolute atomic E-state index is 0.0219. The number of fused-ring (bicyclic) bond motifs is 3. The Bertz CT molecular complexity index is 543. The van der Waals surface area contributed by atoms with Crippen molar-refractivity contribution in [2.75, 3.05) is 0 Å². The maximum absolute atomic E-state index is 12.6. The summed E-state index contributed by atoms with van der Waals surface area (Å²) in [6.07, 6.45) is 2.57. The average molecular weight is 292 g/mol. The molecule has 3 nitrogen and oxygen atoms in total. The van der Waals surface area contributed by atoms with Gasteiger partial charge in [0, 0.05) is 17.4 Å². The molecule has 1 saturated carbocycles. The summed E-state index contributed by atoms with van der Waals surface area (Å²) < 4.78 is 0. The van der Waals surface area contributed by atoms with Gasteiger partial charge in [0.15, 0.2) is 5.78 Å². The van der Waals surface area contributed by atoms with Crippen LogP contribution in [0.25, 0.3) is 0 Å². The fourth-order valence-corrected chi connectivity index (χ4v) is 5.56. The zero-order valence-corrected chi connectivity index (χ0v) is 13.9. The number of Topliss-reactive ketones (excluding diaryl/α,β-unsaturated/α-hetero) is 1. The van der Waals surface area contributed by atoms with Gasteiger partial charge < -0.3 is 10.2 Å². The Balaban J connectivity index is 2.19. The number of carbonyl (C=O) groups is 1. The lowest BCUT2D eigenvalue weighted by molar-refractivity contribution is -0.138. The van der Waals surface area contributed by atoms with Gasteiger partial charge in [0.05, 0.1) is 11.7 Å². The van der Waals surface area contributed by atoms with E-state index in [4.69, 9.17) is 0 Å². The van der Waals surface area contributed by atoms with Gasteiger partial charge in [-0.3, -0.25) is 4.79 Å². The zero-order chi connectivity index (χ0) is 15.8. The van der Waals surface area contributed by atoms with Gasteiger partial charge in [-0.1, -0.05) is 34.6 Å². The highest BCUT2D eigenvalue weighted by Gasteiger charge is 2.60. The van der Waals surface area contributed by atoms with Crippen molar-refractivity contribution in [1.29, 1.82) is 0 Å². The summed E-state index contributed by atoms with van der Waals surface area (Å²) in [6.45, 7) is 10.5. The summed E-state index contributed by atoms with van der Waals surface area (Å²) in [5, 5.41) is 22.2. The minimum atomic E-state index is -0.918. The van der Waals surface area contributed by atoms with E-state index in [1.165, 1.54) is 0 Å². The molecule has 2 bridgehead atoms. The van der Waals surface area contributed by atoms with Crippen LogP contribution in [0.15, 0.2) is 11.1 Å². The summed E-state index contributed by atoms with van der Waals surface area (Å²) in [7, 11) is 0. The first kappa shape index (κ1) is 15.2. The molecular weight excluding hydrogens is 264 g/mol. The van der Waals surface area contributed by atoms with Crippen LogP contribution in [-0.4, -0.2) is 27.7 Å². The van der Waals surface area contributed by atoms with Crippen LogP contribution in [-0.2, 0) is 4.79 Å². The number of aliphatic hydroxyl groups is 2. The molecule has 21 heavy (non-hydrogen) atoms. The Kier molecular flexibility index (Phi) is 2.90. The number of hydrogen-bond donors (Lipinski definition) is 2. The molecule has 3 rings (SSSR count). The van der Waals surface area contributed by atoms with Crippen molar-refractivity contribution in [2.45, 2.75) is 78.4 Å². The molecule has 0 spiro atoms.